The van der Waals surface area contributed by atoms with Crippen molar-refractivity contribution >= 4 is 17.7 Å². The molecule has 0 saturated heterocycles. The third kappa shape index (κ3) is 3.26. The molecule has 1 aromatic rings. The van der Waals surface area contributed by atoms with E-state index in [9.17, 15) is 18.0 Å². The Morgan fingerprint density at radius 2 is 2.13 bits per heavy atom. The number of ether oxygens (including phenoxy) is 1. The van der Waals surface area contributed by atoms with E-state index < -0.39 is 17.7 Å². The van der Waals surface area contributed by atoms with Gasteiger partial charge in [-0.15, -0.1) is 11.8 Å². The highest BCUT2D eigenvalue weighted by molar-refractivity contribution is 7.99. The minimum absolute atomic E-state index is 0.0752. The van der Waals surface area contributed by atoms with Gasteiger partial charge in [0.2, 0.25) is 5.54 Å². The van der Waals surface area contributed by atoms with Crippen LogP contribution in [-0.4, -0.2) is 25.0 Å². The molecule has 1 aliphatic rings. The monoisotopic (exact) mass is 344 g/mol. The Morgan fingerprint density at radius 1 is 1.39 bits per heavy atom. The van der Waals surface area contributed by atoms with Gasteiger partial charge in [0.1, 0.15) is 0 Å². The Labute approximate surface area is 135 Å². The summed E-state index contributed by atoms with van der Waals surface area (Å²) < 4.78 is 45.2. The van der Waals surface area contributed by atoms with Crippen LogP contribution in [0, 0.1) is 0 Å². The molecule has 0 spiro atoms. The molecule has 0 bridgehead atoms. The normalized spacial score (nSPS) is 20.0. The third-order valence-corrected chi connectivity index (χ3v) is 4.58. The van der Waals surface area contributed by atoms with Gasteiger partial charge in [-0.05, 0) is 35.9 Å². The van der Waals surface area contributed by atoms with Crippen LogP contribution in [0.15, 0.2) is 45.6 Å². The molecule has 1 atom stereocenters. The molecule has 1 heterocycles. The lowest BCUT2D eigenvalue weighted by atomic mass is 9.89. The molecule has 4 nitrogen and oxygen atoms in total. The lowest BCUT2D eigenvalue weighted by Crippen LogP contribution is -2.37. The maximum absolute atomic E-state index is 13.5. The first kappa shape index (κ1) is 17.5. The van der Waals surface area contributed by atoms with Gasteiger partial charge in [0.05, 0.1) is 12.7 Å². The number of benzene rings is 1. The Hall–Kier alpha value is -1.83. The van der Waals surface area contributed by atoms with Gasteiger partial charge < -0.3 is 4.74 Å². The van der Waals surface area contributed by atoms with Gasteiger partial charge in [0.15, 0.2) is 0 Å². The highest BCUT2D eigenvalue weighted by atomic mass is 32.2. The molecule has 23 heavy (non-hydrogen) atoms. The average Bonchev–Trinajstić information content (AvgIpc) is 3.02. The zero-order chi connectivity index (χ0) is 17.1. The predicted octanol–water partition coefficient (Wildman–Crippen LogP) is 4.71. The lowest BCUT2D eigenvalue weighted by Gasteiger charge is -2.26. The summed E-state index contributed by atoms with van der Waals surface area (Å²) in [4.78, 5) is 12.2. The Bertz CT molecular complexity index is 645. The van der Waals surface area contributed by atoms with E-state index in [-0.39, 0.29) is 11.1 Å². The highest BCUT2D eigenvalue weighted by Crippen LogP contribution is 2.47. The third-order valence-electron chi connectivity index (χ3n) is 3.32. The number of thioether (sulfide) groups is 1. The number of halogens is 3. The summed E-state index contributed by atoms with van der Waals surface area (Å²) in [5.74, 6) is 0.0869. The largest absolute Gasteiger partial charge is 0.465 e. The Kier molecular flexibility index (Phi) is 5.13. The smallest absolute Gasteiger partial charge is 0.423 e. The second kappa shape index (κ2) is 6.74. The number of hydrogen-bond donors (Lipinski definition) is 0. The molecule has 2 rings (SSSR count). The van der Waals surface area contributed by atoms with Crippen molar-refractivity contribution in [2.45, 2.75) is 30.0 Å². The number of carbonyl (C=O) groups is 1. The molecule has 0 fully saturated rings. The van der Waals surface area contributed by atoms with Crippen LogP contribution in [0.2, 0.25) is 0 Å². The number of esters is 1. The van der Waals surface area contributed by atoms with E-state index in [1.807, 2.05) is 6.92 Å². The van der Waals surface area contributed by atoms with Crippen LogP contribution in [0.4, 0.5) is 13.2 Å². The zero-order valence-electron chi connectivity index (χ0n) is 12.6. The van der Waals surface area contributed by atoms with Crippen molar-refractivity contribution < 1.29 is 22.7 Å². The lowest BCUT2D eigenvalue weighted by molar-refractivity contribution is -0.174. The summed E-state index contributed by atoms with van der Waals surface area (Å²) in [6.45, 7) is 1.94. The van der Waals surface area contributed by atoms with Gasteiger partial charge in [-0.2, -0.15) is 23.4 Å². The molecular weight excluding hydrogens is 329 g/mol. The summed E-state index contributed by atoms with van der Waals surface area (Å²) >= 11 is 1.31. The maximum Gasteiger partial charge on any atom is 0.423 e. The quantitative estimate of drug-likeness (QED) is 0.574. The van der Waals surface area contributed by atoms with E-state index in [4.69, 9.17) is 0 Å². The fraction of sp³-hybridized carbons (Fsp3) is 0.400. The first-order valence-electron chi connectivity index (χ1n) is 6.88. The van der Waals surface area contributed by atoms with Gasteiger partial charge >= 0.3 is 12.1 Å². The van der Waals surface area contributed by atoms with Crippen LogP contribution in [0.3, 0.4) is 0 Å². The van der Waals surface area contributed by atoms with Crippen molar-refractivity contribution in [3.63, 3.8) is 0 Å². The summed E-state index contributed by atoms with van der Waals surface area (Å²) in [6.07, 6.45) is -1.86. The van der Waals surface area contributed by atoms with Crippen LogP contribution in [0.5, 0.6) is 0 Å². The van der Waals surface area contributed by atoms with E-state index in [1.54, 1.807) is 0 Å². The van der Waals surface area contributed by atoms with E-state index in [2.05, 4.69) is 15.0 Å². The molecule has 0 saturated carbocycles. The second-order valence-electron chi connectivity index (χ2n) is 4.85. The van der Waals surface area contributed by atoms with E-state index >= 15 is 0 Å². The van der Waals surface area contributed by atoms with Crippen molar-refractivity contribution in [2.24, 2.45) is 10.2 Å². The SMILES string of the molecule is CCCSc1cc(C2(C(F)(F)F)C=CN=N2)ccc1C(=O)OC. The van der Waals surface area contributed by atoms with Gasteiger partial charge in [0.25, 0.3) is 0 Å². The van der Waals surface area contributed by atoms with Crippen molar-refractivity contribution in [3.05, 3.63) is 41.6 Å². The molecule has 1 unspecified atom stereocenters. The number of hydrogen-bond acceptors (Lipinski definition) is 5. The fourth-order valence-electron chi connectivity index (χ4n) is 2.14. The van der Waals surface area contributed by atoms with Crippen molar-refractivity contribution in [2.75, 3.05) is 12.9 Å². The molecule has 0 radical (unpaired) electrons. The van der Waals surface area contributed by atoms with Gasteiger partial charge in [-0.25, -0.2) is 4.79 Å². The van der Waals surface area contributed by atoms with Crippen molar-refractivity contribution in [1.82, 2.24) is 0 Å². The number of methoxy groups -OCH3 is 1. The standard InChI is InChI=1S/C15H15F3N2O2S/c1-3-8-23-12-9-10(4-5-11(12)13(21)22-2)14(15(16,17)18)6-7-19-20-14/h4-7,9H,3,8H2,1-2H3. The van der Waals surface area contributed by atoms with Crippen LogP contribution in [0.25, 0.3) is 0 Å². The molecule has 0 aliphatic carbocycles. The molecule has 8 heteroatoms. The van der Waals surface area contributed by atoms with E-state index in [0.29, 0.717) is 10.6 Å². The maximum atomic E-state index is 13.5. The average molecular weight is 344 g/mol. The summed E-state index contributed by atoms with van der Waals surface area (Å²) in [5.41, 5.74) is -2.33. The predicted molar refractivity (Wildman–Crippen MR) is 80.5 cm³/mol. The van der Waals surface area contributed by atoms with Crippen LogP contribution < -0.4 is 0 Å². The second-order valence-corrected chi connectivity index (χ2v) is 5.98. The number of azo groups is 1. The van der Waals surface area contributed by atoms with Crippen LogP contribution >= 0.6 is 11.8 Å². The van der Waals surface area contributed by atoms with Crippen LogP contribution in [-0.2, 0) is 10.3 Å². The highest BCUT2D eigenvalue weighted by Gasteiger charge is 2.56. The first-order chi connectivity index (χ1) is 10.9. The molecule has 1 aromatic carbocycles. The zero-order valence-corrected chi connectivity index (χ0v) is 13.4. The summed E-state index contributed by atoms with van der Waals surface area (Å²) in [5, 5.41) is 6.76. The first-order valence-corrected chi connectivity index (χ1v) is 7.86. The number of carbonyl (C=O) groups excluding carboxylic acids is 1. The minimum Gasteiger partial charge on any atom is -0.465 e. The van der Waals surface area contributed by atoms with Gasteiger partial charge in [0, 0.05) is 11.1 Å². The molecule has 1 aliphatic heterocycles. The van der Waals surface area contributed by atoms with Crippen LogP contribution in [0.1, 0.15) is 29.3 Å². The molecule has 0 amide bonds. The topological polar surface area (TPSA) is 51.0 Å². The summed E-state index contributed by atoms with van der Waals surface area (Å²) in [7, 11) is 1.23. The molecular formula is C15H15F3N2O2S. The van der Waals surface area contributed by atoms with Gasteiger partial charge in [-0.3, -0.25) is 0 Å². The number of alkyl halides is 3. The number of nitrogens with zero attached hydrogens (tertiary/aromatic N) is 2. The van der Waals surface area contributed by atoms with Gasteiger partial charge in [-0.1, -0.05) is 13.0 Å². The van der Waals surface area contributed by atoms with E-state index in [0.717, 1.165) is 18.7 Å². The molecule has 124 valence electrons. The van der Waals surface area contributed by atoms with E-state index in [1.165, 1.54) is 37.1 Å². The molecule has 0 N–H and O–H groups in total. The van der Waals surface area contributed by atoms with Crippen molar-refractivity contribution in [3.8, 4) is 0 Å². The molecule has 0 aromatic heterocycles. The minimum atomic E-state index is -4.62. The van der Waals surface area contributed by atoms with Crippen molar-refractivity contribution in [1.29, 1.82) is 0 Å². The number of rotatable bonds is 5. The Balaban J connectivity index is 2.54. The fourth-order valence-corrected chi connectivity index (χ4v) is 3.08. The Morgan fingerprint density at radius 3 is 2.65 bits per heavy atom. The summed E-state index contributed by atoms with van der Waals surface area (Å²) in [6, 6.07) is 3.92.